The number of nitrogens with zero attached hydrogens (tertiary/aromatic N) is 1. The van der Waals surface area contributed by atoms with E-state index < -0.39 is 6.10 Å². The van der Waals surface area contributed by atoms with Gasteiger partial charge in [-0.15, -0.1) is 0 Å². The number of halogens is 1. The smallest absolute Gasteiger partial charge is 0.221 e. The molecule has 1 aromatic rings. The summed E-state index contributed by atoms with van der Waals surface area (Å²) in [6.45, 7) is 0.802. The third-order valence-corrected chi connectivity index (χ3v) is 2.53. The Labute approximate surface area is 106 Å². The molecule has 1 amide bonds. The number of aliphatic hydroxyl groups is 1. The van der Waals surface area contributed by atoms with E-state index >= 15 is 0 Å². The molecule has 2 N–H and O–H groups in total. The lowest BCUT2D eigenvalue weighted by molar-refractivity contribution is -0.121. The van der Waals surface area contributed by atoms with Crippen LogP contribution in [0.3, 0.4) is 0 Å². The van der Waals surface area contributed by atoms with Gasteiger partial charge in [0.2, 0.25) is 5.91 Å². The van der Waals surface area contributed by atoms with Gasteiger partial charge in [-0.3, -0.25) is 4.79 Å². The van der Waals surface area contributed by atoms with E-state index in [4.69, 9.17) is 0 Å². The molecule has 0 spiro atoms. The molecule has 1 aromatic carbocycles. The zero-order chi connectivity index (χ0) is 13.5. The number of benzene rings is 1. The number of hydrogen-bond acceptors (Lipinski definition) is 3. The van der Waals surface area contributed by atoms with Crippen LogP contribution in [-0.4, -0.2) is 43.1 Å². The van der Waals surface area contributed by atoms with E-state index in [-0.39, 0.29) is 18.3 Å². The second kappa shape index (κ2) is 7.08. The molecule has 0 saturated carbocycles. The molecule has 0 bridgehead atoms. The van der Waals surface area contributed by atoms with Gasteiger partial charge in [0.15, 0.2) is 0 Å². The van der Waals surface area contributed by atoms with Crippen LogP contribution in [0.5, 0.6) is 0 Å². The first-order valence-corrected chi connectivity index (χ1v) is 5.84. The van der Waals surface area contributed by atoms with Gasteiger partial charge >= 0.3 is 0 Å². The summed E-state index contributed by atoms with van der Waals surface area (Å²) in [5.74, 6) is -0.453. The van der Waals surface area contributed by atoms with Crippen LogP contribution in [0.4, 0.5) is 4.39 Å². The summed E-state index contributed by atoms with van der Waals surface area (Å²) < 4.78 is 12.7. The summed E-state index contributed by atoms with van der Waals surface area (Å²) in [6.07, 6.45) is -0.419. The van der Waals surface area contributed by atoms with Gasteiger partial charge in [-0.2, -0.15) is 0 Å². The standard InChI is InChI=1S/C13H19FN2O2/c1-16(2)8-7-13(18)15-9-12(17)10-3-5-11(14)6-4-10/h3-6,12,17H,7-9H2,1-2H3,(H,15,18). The van der Waals surface area contributed by atoms with Gasteiger partial charge in [0, 0.05) is 19.5 Å². The Kier molecular flexibility index (Phi) is 5.74. The van der Waals surface area contributed by atoms with E-state index in [0.29, 0.717) is 18.5 Å². The minimum Gasteiger partial charge on any atom is -0.387 e. The molecule has 0 aliphatic rings. The monoisotopic (exact) mass is 254 g/mol. The lowest BCUT2D eigenvalue weighted by Gasteiger charge is -2.13. The van der Waals surface area contributed by atoms with Gasteiger partial charge in [0.1, 0.15) is 5.82 Å². The molecule has 100 valence electrons. The molecule has 0 aliphatic heterocycles. The van der Waals surface area contributed by atoms with Crippen LogP contribution >= 0.6 is 0 Å². The van der Waals surface area contributed by atoms with Crippen molar-refractivity contribution in [2.45, 2.75) is 12.5 Å². The molecule has 1 rings (SSSR count). The number of hydrogen-bond donors (Lipinski definition) is 2. The topological polar surface area (TPSA) is 52.6 Å². The van der Waals surface area contributed by atoms with E-state index in [1.165, 1.54) is 24.3 Å². The Morgan fingerprint density at radius 3 is 2.56 bits per heavy atom. The van der Waals surface area contributed by atoms with Crippen molar-refractivity contribution in [3.63, 3.8) is 0 Å². The summed E-state index contributed by atoms with van der Waals surface area (Å²) in [4.78, 5) is 13.3. The first kappa shape index (κ1) is 14.6. The number of rotatable bonds is 6. The number of nitrogens with one attached hydrogen (secondary N) is 1. The van der Waals surface area contributed by atoms with Gasteiger partial charge in [-0.05, 0) is 31.8 Å². The SMILES string of the molecule is CN(C)CCC(=O)NCC(O)c1ccc(F)cc1. The van der Waals surface area contributed by atoms with Crippen molar-refractivity contribution >= 4 is 5.91 Å². The summed E-state index contributed by atoms with van der Waals surface area (Å²) in [5.41, 5.74) is 0.587. The average Bonchev–Trinajstić information content (AvgIpc) is 2.34. The van der Waals surface area contributed by atoms with Crippen molar-refractivity contribution in [2.75, 3.05) is 27.2 Å². The minimum absolute atomic E-state index is 0.107. The summed E-state index contributed by atoms with van der Waals surface area (Å²) >= 11 is 0. The zero-order valence-corrected chi connectivity index (χ0v) is 10.7. The number of amides is 1. The summed E-state index contributed by atoms with van der Waals surface area (Å²) in [6, 6.07) is 5.58. The Balaban J connectivity index is 2.34. The van der Waals surface area contributed by atoms with Crippen LogP contribution in [0.15, 0.2) is 24.3 Å². The number of carbonyl (C=O) groups excluding carboxylic acids is 1. The van der Waals surface area contributed by atoms with Gasteiger partial charge in [-0.25, -0.2) is 4.39 Å². The maximum absolute atomic E-state index is 12.7. The lowest BCUT2D eigenvalue weighted by Crippen LogP contribution is -2.30. The molecule has 5 heteroatoms. The van der Waals surface area contributed by atoms with Gasteiger partial charge < -0.3 is 15.3 Å². The van der Waals surface area contributed by atoms with Crippen molar-refractivity contribution < 1.29 is 14.3 Å². The molecule has 0 aromatic heterocycles. The molecule has 0 saturated heterocycles. The molecule has 0 radical (unpaired) electrons. The van der Waals surface area contributed by atoms with Crippen LogP contribution in [-0.2, 0) is 4.79 Å². The molecule has 1 unspecified atom stereocenters. The quantitative estimate of drug-likeness (QED) is 0.794. The Morgan fingerprint density at radius 2 is 2.00 bits per heavy atom. The maximum Gasteiger partial charge on any atom is 0.221 e. The summed E-state index contributed by atoms with van der Waals surface area (Å²) in [7, 11) is 3.78. The molecular formula is C13H19FN2O2. The van der Waals surface area contributed by atoms with Crippen molar-refractivity contribution in [3.8, 4) is 0 Å². The van der Waals surface area contributed by atoms with E-state index in [9.17, 15) is 14.3 Å². The first-order chi connectivity index (χ1) is 8.49. The highest BCUT2D eigenvalue weighted by molar-refractivity contribution is 5.76. The molecule has 4 nitrogen and oxygen atoms in total. The van der Waals surface area contributed by atoms with E-state index in [0.717, 1.165) is 0 Å². The first-order valence-electron chi connectivity index (χ1n) is 5.84. The molecule has 0 aliphatic carbocycles. The fourth-order valence-electron chi connectivity index (χ4n) is 1.43. The van der Waals surface area contributed by atoms with Crippen molar-refractivity contribution in [1.82, 2.24) is 10.2 Å². The second-order valence-electron chi connectivity index (χ2n) is 4.42. The molecule has 18 heavy (non-hydrogen) atoms. The van der Waals surface area contributed by atoms with Crippen molar-refractivity contribution in [3.05, 3.63) is 35.6 Å². The largest absolute Gasteiger partial charge is 0.387 e. The second-order valence-corrected chi connectivity index (χ2v) is 4.42. The normalized spacial score (nSPS) is 12.5. The van der Waals surface area contributed by atoms with Crippen LogP contribution < -0.4 is 5.32 Å². The zero-order valence-electron chi connectivity index (χ0n) is 10.7. The predicted octanol–water partition coefficient (Wildman–Crippen LogP) is 0.927. The highest BCUT2D eigenvalue weighted by Gasteiger charge is 2.09. The fourth-order valence-corrected chi connectivity index (χ4v) is 1.43. The van der Waals surface area contributed by atoms with Crippen LogP contribution in [0.1, 0.15) is 18.1 Å². The van der Waals surface area contributed by atoms with E-state index in [1.807, 2.05) is 19.0 Å². The van der Waals surface area contributed by atoms with Crippen LogP contribution in [0.2, 0.25) is 0 Å². The Hall–Kier alpha value is -1.46. The average molecular weight is 254 g/mol. The van der Waals surface area contributed by atoms with Crippen LogP contribution in [0.25, 0.3) is 0 Å². The van der Waals surface area contributed by atoms with E-state index in [2.05, 4.69) is 5.32 Å². The van der Waals surface area contributed by atoms with Crippen LogP contribution in [0, 0.1) is 5.82 Å². The van der Waals surface area contributed by atoms with E-state index in [1.54, 1.807) is 0 Å². The van der Waals surface area contributed by atoms with Gasteiger partial charge in [0.05, 0.1) is 6.10 Å². The number of carbonyl (C=O) groups is 1. The predicted molar refractivity (Wildman–Crippen MR) is 67.5 cm³/mol. The van der Waals surface area contributed by atoms with Crippen molar-refractivity contribution in [1.29, 1.82) is 0 Å². The Bertz CT molecular complexity index is 379. The van der Waals surface area contributed by atoms with Gasteiger partial charge in [0.25, 0.3) is 0 Å². The highest BCUT2D eigenvalue weighted by atomic mass is 19.1. The summed E-state index contributed by atoms with van der Waals surface area (Å²) in [5, 5.41) is 12.4. The Morgan fingerprint density at radius 1 is 1.39 bits per heavy atom. The minimum atomic E-state index is -0.811. The fraction of sp³-hybridized carbons (Fsp3) is 0.462. The molecule has 0 heterocycles. The highest BCUT2D eigenvalue weighted by Crippen LogP contribution is 2.12. The molecule has 1 atom stereocenters. The third-order valence-electron chi connectivity index (χ3n) is 2.53. The third kappa shape index (κ3) is 5.25. The molecule has 0 fully saturated rings. The van der Waals surface area contributed by atoms with Gasteiger partial charge in [-0.1, -0.05) is 12.1 Å². The van der Waals surface area contributed by atoms with Crippen molar-refractivity contribution in [2.24, 2.45) is 0 Å². The maximum atomic E-state index is 12.7. The lowest BCUT2D eigenvalue weighted by atomic mass is 10.1. The molecular weight excluding hydrogens is 235 g/mol. The number of aliphatic hydroxyl groups excluding tert-OH is 1.